The first-order valence-electron chi connectivity index (χ1n) is 5.11. The number of aliphatic hydroxyl groups is 1. The largest absolute Gasteiger partial charge is 0.479 e. The first-order valence-corrected chi connectivity index (χ1v) is 5.11. The van der Waals surface area contributed by atoms with Crippen LogP contribution >= 0.6 is 0 Å². The molecular formula is C12H14O5. The van der Waals surface area contributed by atoms with Gasteiger partial charge in [-0.1, -0.05) is 29.8 Å². The van der Waals surface area contributed by atoms with E-state index < -0.39 is 24.5 Å². The standard InChI is InChI=1S/C12H14O5/c1-8-3-2-4-9(5-8)7-17-11(14)6-10(13)12(15)16/h2-5,10,13H,6-7H2,1H3,(H,15,16). The molecule has 0 heterocycles. The molecule has 0 aliphatic carbocycles. The predicted molar refractivity (Wildman–Crippen MR) is 59.2 cm³/mol. The van der Waals surface area contributed by atoms with E-state index in [1.165, 1.54) is 0 Å². The number of carboxylic acid groups (broad SMARTS) is 1. The number of esters is 1. The van der Waals surface area contributed by atoms with Crippen molar-refractivity contribution in [3.8, 4) is 0 Å². The summed E-state index contributed by atoms with van der Waals surface area (Å²) in [4.78, 5) is 21.5. The van der Waals surface area contributed by atoms with Crippen molar-refractivity contribution in [2.75, 3.05) is 0 Å². The van der Waals surface area contributed by atoms with Gasteiger partial charge in [0.15, 0.2) is 6.10 Å². The Kier molecular flexibility index (Phi) is 4.66. The van der Waals surface area contributed by atoms with Crippen molar-refractivity contribution in [2.45, 2.75) is 26.1 Å². The minimum Gasteiger partial charge on any atom is -0.479 e. The average molecular weight is 238 g/mol. The first kappa shape index (κ1) is 13.2. The SMILES string of the molecule is Cc1cccc(COC(=O)CC(O)C(=O)O)c1. The van der Waals surface area contributed by atoms with Crippen molar-refractivity contribution < 1.29 is 24.5 Å². The number of ether oxygens (including phenoxy) is 1. The summed E-state index contributed by atoms with van der Waals surface area (Å²) in [6.45, 7) is 1.99. The van der Waals surface area contributed by atoms with Crippen molar-refractivity contribution in [1.29, 1.82) is 0 Å². The van der Waals surface area contributed by atoms with Crippen LogP contribution in [0.5, 0.6) is 0 Å². The molecule has 17 heavy (non-hydrogen) atoms. The highest BCUT2D eigenvalue weighted by Crippen LogP contribution is 2.06. The molecule has 0 saturated heterocycles. The third-order valence-corrected chi connectivity index (χ3v) is 2.13. The Morgan fingerprint density at radius 1 is 1.41 bits per heavy atom. The second kappa shape index (κ2) is 6.00. The van der Waals surface area contributed by atoms with Gasteiger partial charge in [-0.25, -0.2) is 4.79 Å². The molecule has 0 aliphatic heterocycles. The van der Waals surface area contributed by atoms with Crippen molar-refractivity contribution >= 4 is 11.9 Å². The molecule has 1 rings (SSSR count). The Bertz CT molecular complexity index is 413. The maximum Gasteiger partial charge on any atom is 0.333 e. The van der Waals surface area contributed by atoms with Crippen LogP contribution in [0.15, 0.2) is 24.3 Å². The van der Waals surface area contributed by atoms with Gasteiger partial charge in [-0.15, -0.1) is 0 Å². The highest BCUT2D eigenvalue weighted by atomic mass is 16.5. The van der Waals surface area contributed by atoms with Gasteiger partial charge in [0.25, 0.3) is 0 Å². The molecule has 0 spiro atoms. The summed E-state index contributed by atoms with van der Waals surface area (Å²) in [5.41, 5.74) is 1.87. The van der Waals surface area contributed by atoms with Crippen LogP contribution in [-0.4, -0.2) is 28.3 Å². The number of aliphatic carboxylic acids is 1. The number of aryl methyl sites for hydroxylation is 1. The van der Waals surface area contributed by atoms with Gasteiger partial charge in [0.05, 0.1) is 6.42 Å². The van der Waals surface area contributed by atoms with Crippen LogP contribution in [-0.2, 0) is 20.9 Å². The van der Waals surface area contributed by atoms with E-state index >= 15 is 0 Å². The maximum atomic E-state index is 11.2. The monoisotopic (exact) mass is 238 g/mol. The van der Waals surface area contributed by atoms with Gasteiger partial charge in [0.2, 0.25) is 0 Å². The Morgan fingerprint density at radius 3 is 2.71 bits per heavy atom. The second-order valence-corrected chi connectivity index (χ2v) is 3.71. The molecular weight excluding hydrogens is 224 g/mol. The molecule has 0 saturated carbocycles. The van der Waals surface area contributed by atoms with Crippen LogP contribution in [0.3, 0.4) is 0 Å². The number of rotatable bonds is 5. The molecule has 1 aromatic carbocycles. The Morgan fingerprint density at radius 2 is 2.12 bits per heavy atom. The summed E-state index contributed by atoms with van der Waals surface area (Å²) < 4.78 is 4.84. The quantitative estimate of drug-likeness (QED) is 0.744. The second-order valence-electron chi connectivity index (χ2n) is 3.71. The van der Waals surface area contributed by atoms with E-state index in [0.29, 0.717) is 0 Å². The molecule has 0 amide bonds. The number of carboxylic acids is 1. The molecule has 0 aromatic heterocycles. The number of carbonyl (C=O) groups is 2. The molecule has 0 aliphatic rings. The van der Waals surface area contributed by atoms with Crippen LogP contribution in [0.4, 0.5) is 0 Å². The molecule has 0 fully saturated rings. The molecule has 2 N–H and O–H groups in total. The fraction of sp³-hybridized carbons (Fsp3) is 0.333. The van der Waals surface area contributed by atoms with Crippen molar-refractivity contribution in [1.82, 2.24) is 0 Å². The van der Waals surface area contributed by atoms with Gasteiger partial charge in [0, 0.05) is 0 Å². The lowest BCUT2D eigenvalue weighted by Crippen LogP contribution is -2.24. The van der Waals surface area contributed by atoms with E-state index in [2.05, 4.69) is 0 Å². The fourth-order valence-electron chi connectivity index (χ4n) is 1.27. The summed E-state index contributed by atoms with van der Waals surface area (Å²) in [5.74, 6) is -2.17. The van der Waals surface area contributed by atoms with Crippen LogP contribution in [0.1, 0.15) is 17.5 Å². The number of aliphatic hydroxyl groups excluding tert-OH is 1. The van der Waals surface area contributed by atoms with E-state index in [9.17, 15) is 9.59 Å². The van der Waals surface area contributed by atoms with Crippen LogP contribution in [0.2, 0.25) is 0 Å². The first-order chi connectivity index (χ1) is 7.99. The summed E-state index contributed by atoms with van der Waals surface area (Å²) >= 11 is 0. The van der Waals surface area contributed by atoms with Crippen LogP contribution < -0.4 is 0 Å². The maximum absolute atomic E-state index is 11.2. The van der Waals surface area contributed by atoms with E-state index in [4.69, 9.17) is 14.9 Å². The van der Waals surface area contributed by atoms with Gasteiger partial charge in [0.1, 0.15) is 6.61 Å². The van der Waals surface area contributed by atoms with Crippen LogP contribution in [0.25, 0.3) is 0 Å². The van der Waals surface area contributed by atoms with E-state index in [0.717, 1.165) is 11.1 Å². The lowest BCUT2D eigenvalue weighted by Gasteiger charge is -2.07. The van der Waals surface area contributed by atoms with Gasteiger partial charge < -0.3 is 14.9 Å². The van der Waals surface area contributed by atoms with Crippen LogP contribution in [0, 0.1) is 6.92 Å². The van der Waals surface area contributed by atoms with E-state index in [1.807, 2.05) is 25.1 Å². The van der Waals surface area contributed by atoms with Gasteiger partial charge >= 0.3 is 11.9 Å². The zero-order valence-electron chi connectivity index (χ0n) is 9.42. The van der Waals surface area contributed by atoms with E-state index in [-0.39, 0.29) is 6.61 Å². The third kappa shape index (κ3) is 4.65. The number of hydrogen-bond acceptors (Lipinski definition) is 4. The third-order valence-electron chi connectivity index (χ3n) is 2.13. The molecule has 5 heteroatoms. The molecule has 92 valence electrons. The summed E-state index contributed by atoms with van der Waals surface area (Å²) in [5, 5.41) is 17.3. The smallest absolute Gasteiger partial charge is 0.333 e. The van der Waals surface area contributed by atoms with Crippen molar-refractivity contribution in [3.05, 3.63) is 35.4 Å². The highest BCUT2D eigenvalue weighted by molar-refractivity contribution is 5.80. The minimum atomic E-state index is -1.71. The van der Waals surface area contributed by atoms with E-state index in [1.54, 1.807) is 6.07 Å². The summed E-state index contributed by atoms with van der Waals surface area (Å²) in [6.07, 6.45) is -2.25. The molecule has 5 nitrogen and oxygen atoms in total. The molecule has 1 unspecified atom stereocenters. The number of hydrogen-bond donors (Lipinski definition) is 2. The predicted octanol–water partition coefficient (Wildman–Crippen LogP) is 0.874. The average Bonchev–Trinajstić information content (AvgIpc) is 2.26. The fourth-order valence-corrected chi connectivity index (χ4v) is 1.27. The molecule has 0 bridgehead atoms. The lowest BCUT2D eigenvalue weighted by molar-refractivity contribution is -0.156. The molecule has 1 aromatic rings. The van der Waals surface area contributed by atoms with Gasteiger partial charge in [-0.3, -0.25) is 4.79 Å². The summed E-state index contributed by atoms with van der Waals surface area (Å²) in [6, 6.07) is 7.42. The Labute approximate surface area is 98.6 Å². The zero-order valence-corrected chi connectivity index (χ0v) is 9.42. The topological polar surface area (TPSA) is 83.8 Å². The van der Waals surface area contributed by atoms with Gasteiger partial charge in [-0.05, 0) is 12.5 Å². The zero-order chi connectivity index (χ0) is 12.8. The van der Waals surface area contributed by atoms with Gasteiger partial charge in [-0.2, -0.15) is 0 Å². The summed E-state index contributed by atoms with van der Waals surface area (Å²) in [7, 11) is 0. The Balaban J connectivity index is 2.41. The Hall–Kier alpha value is -1.88. The molecule has 0 radical (unpaired) electrons. The normalized spacial score (nSPS) is 11.9. The molecule has 1 atom stereocenters. The number of carbonyl (C=O) groups excluding carboxylic acids is 1. The highest BCUT2D eigenvalue weighted by Gasteiger charge is 2.18. The lowest BCUT2D eigenvalue weighted by atomic mass is 10.1. The number of benzene rings is 1. The van der Waals surface area contributed by atoms with Crippen molar-refractivity contribution in [2.24, 2.45) is 0 Å². The minimum absolute atomic E-state index is 0.0762. The van der Waals surface area contributed by atoms with Crippen molar-refractivity contribution in [3.63, 3.8) is 0 Å².